The van der Waals surface area contributed by atoms with Crippen LogP contribution in [0.4, 0.5) is 0 Å². The Kier molecular flexibility index (Phi) is 4.65. The predicted octanol–water partition coefficient (Wildman–Crippen LogP) is 2.65. The van der Waals surface area contributed by atoms with E-state index in [1.54, 1.807) is 0 Å². The van der Waals surface area contributed by atoms with Gasteiger partial charge in [0, 0.05) is 19.1 Å². The highest BCUT2D eigenvalue weighted by atomic mass is 79.9. The molecule has 0 radical (unpaired) electrons. The summed E-state index contributed by atoms with van der Waals surface area (Å²) in [7, 11) is -3.75. The minimum absolute atomic E-state index is 0.0421. The average Bonchev–Trinajstić information content (AvgIpc) is 2.84. The summed E-state index contributed by atoms with van der Waals surface area (Å²) < 4.78 is 27.7. The van der Waals surface area contributed by atoms with Gasteiger partial charge in [0.25, 0.3) is 0 Å². The van der Waals surface area contributed by atoms with Crippen molar-refractivity contribution in [2.45, 2.75) is 17.4 Å². The van der Waals surface area contributed by atoms with E-state index in [-0.39, 0.29) is 24.1 Å². The summed E-state index contributed by atoms with van der Waals surface area (Å²) >= 11 is 15.9. The Bertz CT molecular complexity index is 641. The fourth-order valence-electron chi connectivity index (χ4n) is 1.79. The van der Waals surface area contributed by atoms with E-state index in [4.69, 9.17) is 28.5 Å². The number of halogens is 3. The number of hydrogen-bond donors (Lipinski definition) is 1. The summed E-state index contributed by atoms with van der Waals surface area (Å²) in [6, 6.07) is -0.300. The van der Waals surface area contributed by atoms with E-state index in [0.717, 1.165) is 11.3 Å². The molecule has 2 rings (SSSR count). The van der Waals surface area contributed by atoms with Crippen LogP contribution in [0.2, 0.25) is 8.67 Å². The van der Waals surface area contributed by atoms with Gasteiger partial charge in [-0.15, -0.1) is 11.3 Å². The summed E-state index contributed by atoms with van der Waals surface area (Å²) in [5.41, 5.74) is 0. The third-order valence-corrected chi connectivity index (χ3v) is 7.63. The minimum Gasteiger partial charge on any atom is -0.309 e. The number of nitrogens with zero attached hydrogens (tertiary/aromatic N) is 2. The van der Waals surface area contributed by atoms with Crippen LogP contribution in [0.25, 0.3) is 0 Å². The molecule has 1 saturated heterocycles. The number of hydrogen-bond acceptors (Lipinski definition) is 5. The van der Waals surface area contributed by atoms with Gasteiger partial charge in [-0.05, 0) is 22.4 Å². The molecular weight excluding hydrogens is 397 g/mol. The predicted molar refractivity (Wildman–Crippen MR) is 78.0 cm³/mol. The Balaban J connectivity index is 2.22. The molecule has 0 saturated carbocycles. The second kappa shape index (κ2) is 5.76. The number of sulfonamides is 1. The largest absolute Gasteiger partial charge is 0.309 e. The Morgan fingerprint density at radius 3 is 2.63 bits per heavy atom. The molecule has 0 aromatic carbocycles. The van der Waals surface area contributed by atoms with Crippen LogP contribution in [0.1, 0.15) is 6.42 Å². The van der Waals surface area contributed by atoms with Crippen molar-refractivity contribution in [1.82, 2.24) is 9.62 Å². The van der Waals surface area contributed by atoms with Gasteiger partial charge in [-0.1, -0.05) is 23.2 Å². The zero-order valence-corrected chi connectivity index (χ0v) is 14.1. The van der Waals surface area contributed by atoms with Crippen molar-refractivity contribution in [3.05, 3.63) is 13.1 Å². The lowest BCUT2D eigenvalue weighted by Gasteiger charge is -2.12. The molecule has 0 aliphatic carbocycles. The SMILES string of the molecule is N#CN1CC[C@@H](NS(=O)(=O)c2c(Cl)sc(Cl)c2Br)C1. The second-order valence-electron chi connectivity index (χ2n) is 3.95. The number of nitrogens with one attached hydrogen (secondary N) is 1. The molecule has 1 N–H and O–H groups in total. The van der Waals surface area contributed by atoms with E-state index in [2.05, 4.69) is 20.7 Å². The minimum atomic E-state index is -3.75. The zero-order valence-electron chi connectivity index (χ0n) is 9.36. The van der Waals surface area contributed by atoms with Gasteiger partial charge in [0.1, 0.15) is 13.6 Å². The Morgan fingerprint density at radius 1 is 1.47 bits per heavy atom. The van der Waals surface area contributed by atoms with E-state index in [1.807, 2.05) is 6.19 Å². The third-order valence-electron chi connectivity index (χ3n) is 2.65. The van der Waals surface area contributed by atoms with Gasteiger partial charge in [0.05, 0.1) is 4.47 Å². The average molecular weight is 405 g/mol. The fourth-order valence-corrected chi connectivity index (χ4v) is 6.61. The van der Waals surface area contributed by atoms with Crippen LogP contribution in [0.5, 0.6) is 0 Å². The van der Waals surface area contributed by atoms with Crippen molar-refractivity contribution >= 4 is 60.5 Å². The highest BCUT2D eigenvalue weighted by molar-refractivity contribution is 9.10. The molecule has 0 bridgehead atoms. The Morgan fingerprint density at radius 2 is 2.16 bits per heavy atom. The molecule has 1 fully saturated rings. The van der Waals surface area contributed by atoms with Crippen molar-refractivity contribution in [2.24, 2.45) is 0 Å². The second-order valence-corrected chi connectivity index (χ2v) is 8.61. The molecule has 0 spiro atoms. The van der Waals surface area contributed by atoms with E-state index in [9.17, 15) is 8.42 Å². The fraction of sp³-hybridized carbons (Fsp3) is 0.444. The number of thiophene rings is 1. The van der Waals surface area contributed by atoms with Crippen LogP contribution in [0.3, 0.4) is 0 Å². The van der Waals surface area contributed by atoms with Crippen LogP contribution >= 0.6 is 50.5 Å². The highest BCUT2D eigenvalue weighted by Gasteiger charge is 2.31. The van der Waals surface area contributed by atoms with Crippen LogP contribution in [-0.4, -0.2) is 32.4 Å². The molecule has 1 aromatic heterocycles. The van der Waals surface area contributed by atoms with Gasteiger partial charge in [0.2, 0.25) is 10.0 Å². The van der Waals surface area contributed by atoms with Gasteiger partial charge < -0.3 is 4.90 Å². The summed E-state index contributed by atoms with van der Waals surface area (Å²) in [5, 5.41) is 8.75. The molecule has 1 aliphatic rings. The van der Waals surface area contributed by atoms with Crippen molar-refractivity contribution in [2.75, 3.05) is 13.1 Å². The van der Waals surface area contributed by atoms with Gasteiger partial charge in [-0.3, -0.25) is 0 Å². The van der Waals surface area contributed by atoms with E-state index < -0.39 is 10.0 Å². The topological polar surface area (TPSA) is 73.2 Å². The highest BCUT2D eigenvalue weighted by Crippen LogP contribution is 2.42. The molecule has 104 valence electrons. The Hall–Kier alpha value is -0.0400. The summed E-state index contributed by atoms with van der Waals surface area (Å²) in [6.45, 7) is 0.909. The molecule has 1 aromatic rings. The zero-order chi connectivity index (χ0) is 14.2. The smallest absolute Gasteiger partial charge is 0.244 e. The van der Waals surface area contributed by atoms with Crippen molar-refractivity contribution < 1.29 is 8.42 Å². The quantitative estimate of drug-likeness (QED) is 0.786. The maximum absolute atomic E-state index is 12.3. The van der Waals surface area contributed by atoms with E-state index >= 15 is 0 Å². The molecule has 5 nitrogen and oxygen atoms in total. The molecule has 1 atom stereocenters. The van der Waals surface area contributed by atoms with Gasteiger partial charge >= 0.3 is 0 Å². The first-order valence-electron chi connectivity index (χ1n) is 5.15. The first kappa shape index (κ1) is 15.4. The van der Waals surface area contributed by atoms with Gasteiger partial charge in [0.15, 0.2) is 6.19 Å². The Labute approximate surface area is 133 Å². The lowest BCUT2D eigenvalue weighted by atomic mass is 10.3. The van der Waals surface area contributed by atoms with Crippen molar-refractivity contribution in [3.63, 3.8) is 0 Å². The summed E-state index contributed by atoms with van der Waals surface area (Å²) in [5.74, 6) is 0. The van der Waals surface area contributed by atoms with E-state index in [0.29, 0.717) is 19.5 Å². The normalized spacial score (nSPS) is 19.7. The summed E-state index contributed by atoms with van der Waals surface area (Å²) in [4.78, 5) is 1.46. The number of nitriles is 1. The first-order chi connectivity index (χ1) is 8.85. The maximum atomic E-state index is 12.3. The first-order valence-corrected chi connectivity index (χ1v) is 9.00. The van der Waals surface area contributed by atoms with Crippen molar-refractivity contribution in [1.29, 1.82) is 5.26 Å². The lowest BCUT2D eigenvalue weighted by molar-refractivity contribution is 0.470. The van der Waals surface area contributed by atoms with Crippen molar-refractivity contribution in [3.8, 4) is 6.19 Å². The van der Waals surface area contributed by atoms with Crippen LogP contribution < -0.4 is 4.72 Å². The molecule has 0 amide bonds. The molecule has 2 heterocycles. The van der Waals surface area contributed by atoms with Crippen LogP contribution in [0.15, 0.2) is 9.37 Å². The number of rotatable bonds is 3. The summed E-state index contributed by atoms with van der Waals surface area (Å²) in [6.07, 6.45) is 2.57. The van der Waals surface area contributed by atoms with Gasteiger partial charge in [-0.25, -0.2) is 13.1 Å². The molecule has 0 unspecified atom stereocenters. The lowest BCUT2D eigenvalue weighted by Crippen LogP contribution is -2.36. The standard InChI is InChI=1S/C9H8BrCl2N3O2S2/c10-6-7(9(12)18-8(6)11)19(16,17)14-5-1-2-15(3-5)4-13/h5,14H,1-3H2/t5-/m1/s1. The maximum Gasteiger partial charge on any atom is 0.244 e. The molecule has 19 heavy (non-hydrogen) atoms. The monoisotopic (exact) mass is 403 g/mol. The molecule has 10 heteroatoms. The third kappa shape index (κ3) is 3.17. The van der Waals surface area contributed by atoms with E-state index in [1.165, 1.54) is 4.90 Å². The van der Waals surface area contributed by atoms with Crippen LogP contribution in [0, 0.1) is 11.5 Å². The number of likely N-dealkylation sites (tertiary alicyclic amines) is 1. The molecule has 1 aliphatic heterocycles. The van der Waals surface area contributed by atoms with Crippen LogP contribution in [-0.2, 0) is 10.0 Å². The molecular formula is C9H8BrCl2N3O2S2. The van der Waals surface area contributed by atoms with Gasteiger partial charge in [-0.2, -0.15) is 5.26 Å².